The van der Waals surface area contributed by atoms with Gasteiger partial charge in [-0.3, -0.25) is 0 Å². The van der Waals surface area contributed by atoms with E-state index in [-0.39, 0.29) is 0 Å². The van der Waals surface area contributed by atoms with Crippen molar-refractivity contribution >= 4 is 17.9 Å². The first kappa shape index (κ1) is 13.6. The molecule has 3 nitrogen and oxygen atoms in total. The van der Waals surface area contributed by atoms with Gasteiger partial charge in [0.05, 0.1) is 18.6 Å². The van der Waals surface area contributed by atoms with Crippen molar-refractivity contribution in [2.24, 2.45) is 0 Å². The second kappa shape index (κ2) is 5.94. The molecule has 0 atom stereocenters. The van der Waals surface area contributed by atoms with Gasteiger partial charge >= 0.3 is 0 Å². The Morgan fingerprint density at radius 2 is 1.76 bits per heavy atom. The molecule has 0 unspecified atom stereocenters. The number of hydrogen-bond donors (Lipinski definition) is 0. The number of aldehydes is 1. The van der Waals surface area contributed by atoms with Crippen molar-refractivity contribution in [1.29, 1.82) is 0 Å². The summed E-state index contributed by atoms with van der Waals surface area (Å²) in [4.78, 5) is 15.0. The molecule has 0 aliphatic heterocycles. The van der Waals surface area contributed by atoms with E-state index in [1.54, 1.807) is 10.9 Å². The highest BCUT2D eigenvalue weighted by molar-refractivity contribution is 6.30. The Hall–Kier alpha value is -2.39. The molecule has 3 rings (SSSR count). The predicted molar refractivity (Wildman–Crippen MR) is 84.2 cm³/mol. The molecule has 0 saturated carbocycles. The first-order valence-electron chi connectivity index (χ1n) is 6.58. The molecule has 0 amide bonds. The summed E-state index contributed by atoms with van der Waals surface area (Å²) in [6.07, 6.45) is 4.40. The van der Waals surface area contributed by atoms with Crippen molar-refractivity contribution < 1.29 is 4.79 Å². The van der Waals surface area contributed by atoms with E-state index in [0.29, 0.717) is 11.6 Å². The van der Waals surface area contributed by atoms with Crippen LogP contribution >= 0.6 is 11.6 Å². The van der Waals surface area contributed by atoms with Crippen LogP contribution < -0.4 is 0 Å². The molecule has 0 saturated heterocycles. The minimum absolute atomic E-state index is 0.316. The van der Waals surface area contributed by atoms with Gasteiger partial charge in [0.25, 0.3) is 0 Å². The number of carbonyl (C=O) groups excluding carboxylic acids is 1. The molecule has 1 heterocycles. The third kappa shape index (κ3) is 2.88. The summed E-state index contributed by atoms with van der Waals surface area (Å²) in [5.41, 5.74) is 4.05. The molecular weight excluding hydrogens is 284 g/mol. The third-order valence-electron chi connectivity index (χ3n) is 3.28. The summed E-state index contributed by atoms with van der Waals surface area (Å²) in [5, 5.41) is 0.714. The van der Waals surface area contributed by atoms with Crippen LogP contribution in [0.25, 0.3) is 22.4 Å². The zero-order valence-electron chi connectivity index (χ0n) is 11.2. The normalized spacial score (nSPS) is 10.5. The number of halogens is 1. The zero-order valence-corrected chi connectivity index (χ0v) is 12.0. The summed E-state index contributed by atoms with van der Waals surface area (Å²) in [7, 11) is 0. The lowest BCUT2D eigenvalue weighted by Crippen LogP contribution is -1.93. The molecule has 21 heavy (non-hydrogen) atoms. The maximum atomic E-state index is 10.6. The molecule has 0 aliphatic rings. The van der Waals surface area contributed by atoms with E-state index in [9.17, 15) is 4.79 Å². The largest absolute Gasteiger partial charge is 0.330 e. The highest BCUT2D eigenvalue weighted by Gasteiger charge is 2.09. The summed E-state index contributed by atoms with van der Waals surface area (Å²) < 4.78 is 1.76. The van der Waals surface area contributed by atoms with E-state index in [1.165, 1.54) is 0 Å². The lowest BCUT2D eigenvalue weighted by Gasteiger charge is -2.07. The Morgan fingerprint density at radius 3 is 2.48 bits per heavy atom. The lowest BCUT2D eigenvalue weighted by atomic mass is 9.98. The van der Waals surface area contributed by atoms with Crippen molar-refractivity contribution in [1.82, 2.24) is 9.55 Å². The lowest BCUT2D eigenvalue weighted by molar-refractivity contribution is -0.108. The topological polar surface area (TPSA) is 34.9 Å². The predicted octanol–water partition coefficient (Wildman–Crippen LogP) is 4.07. The molecule has 4 heteroatoms. The van der Waals surface area contributed by atoms with Crippen molar-refractivity contribution in [3.8, 4) is 22.4 Å². The van der Waals surface area contributed by atoms with Crippen LogP contribution in [0.1, 0.15) is 0 Å². The molecule has 104 valence electrons. The minimum Gasteiger partial charge on any atom is -0.330 e. The van der Waals surface area contributed by atoms with Gasteiger partial charge in [-0.1, -0.05) is 48.0 Å². The fourth-order valence-electron chi connectivity index (χ4n) is 2.27. The molecule has 0 fully saturated rings. The van der Waals surface area contributed by atoms with E-state index in [2.05, 4.69) is 11.1 Å². The van der Waals surface area contributed by atoms with Gasteiger partial charge in [0.15, 0.2) is 0 Å². The van der Waals surface area contributed by atoms with Gasteiger partial charge in [-0.15, -0.1) is 0 Å². The second-order valence-corrected chi connectivity index (χ2v) is 5.11. The van der Waals surface area contributed by atoms with Crippen LogP contribution in [0.4, 0.5) is 0 Å². The summed E-state index contributed by atoms with van der Waals surface area (Å²) in [5.74, 6) is 0. The van der Waals surface area contributed by atoms with E-state index < -0.39 is 0 Å². The fourth-order valence-corrected chi connectivity index (χ4v) is 2.40. The Labute approximate surface area is 127 Å². The van der Waals surface area contributed by atoms with Crippen LogP contribution in [0, 0.1) is 0 Å². The standard InChI is InChI=1S/C17H13ClN2O/c18-14-7-5-13(6-8-14)15-3-1-2-4-16(15)17-11-20(9-10-21)12-19-17/h1-8,10-12H,9H2. The van der Waals surface area contributed by atoms with Crippen molar-refractivity contribution in [2.75, 3.05) is 0 Å². The number of benzene rings is 2. The van der Waals surface area contributed by atoms with Gasteiger partial charge in [0.2, 0.25) is 0 Å². The third-order valence-corrected chi connectivity index (χ3v) is 3.53. The Bertz CT molecular complexity index is 762. The van der Waals surface area contributed by atoms with E-state index in [1.807, 2.05) is 48.7 Å². The summed E-state index contributed by atoms with van der Waals surface area (Å²) in [6.45, 7) is 0.316. The number of imidazole rings is 1. The van der Waals surface area contributed by atoms with Gasteiger partial charge in [-0.05, 0) is 23.3 Å². The number of nitrogens with zero attached hydrogens (tertiary/aromatic N) is 2. The van der Waals surface area contributed by atoms with Crippen LogP contribution in [-0.4, -0.2) is 15.8 Å². The van der Waals surface area contributed by atoms with Crippen molar-refractivity contribution in [3.05, 3.63) is 66.1 Å². The minimum atomic E-state index is 0.316. The summed E-state index contributed by atoms with van der Waals surface area (Å²) in [6, 6.07) is 15.8. The van der Waals surface area contributed by atoms with Crippen LogP contribution in [0.2, 0.25) is 5.02 Å². The second-order valence-electron chi connectivity index (χ2n) is 4.67. The first-order valence-corrected chi connectivity index (χ1v) is 6.96. The molecule has 0 aliphatic carbocycles. The van der Waals surface area contributed by atoms with Gasteiger partial charge in [0, 0.05) is 16.8 Å². The van der Waals surface area contributed by atoms with E-state index in [0.717, 1.165) is 28.7 Å². The highest BCUT2D eigenvalue weighted by Crippen LogP contribution is 2.31. The number of rotatable bonds is 4. The number of carbonyl (C=O) groups is 1. The van der Waals surface area contributed by atoms with Crippen molar-refractivity contribution in [3.63, 3.8) is 0 Å². The van der Waals surface area contributed by atoms with E-state index >= 15 is 0 Å². The molecule has 3 aromatic rings. The first-order chi connectivity index (χ1) is 10.3. The zero-order chi connectivity index (χ0) is 14.7. The van der Waals surface area contributed by atoms with Crippen LogP contribution in [0.3, 0.4) is 0 Å². The number of hydrogen-bond acceptors (Lipinski definition) is 2. The van der Waals surface area contributed by atoms with Crippen LogP contribution in [-0.2, 0) is 11.3 Å². The van der Waals surface area contributed by atoms with Gasteiger partial charge in [-0.2, -0.15) is 0 Å². The van der Waals surface area contributed by atoms with Gasteiger partial charge < -0.3 is 9.36 Å². The Morgan fingerprint density at radius 1 is 1.05 bits per heavy atom. The SMILES string of the molecule is O=CCn1cnc(-c2ccccc2-c2ccc(Cl)cc2)c1. The van der Waals surface area contributed by atoms with E-state index in [4.69, 9.17) is 11.6 Å². The highest BCUT2D eigenvalue weighted by atomic mass is 35.5. The average Bonchev–Trinajstić information content (AvgIpc) is 2.97. The Balaban J connectivity index is 2.06. The molecular formula is C17H13ClN2O. The molecule has 0 spiro atoms. The smallest absolute Gasteiger partial charge is 0.139 e. The van der Waals surface area contributed by atoms with Gasteiger partial charge in [-0.25, -0.2) is 4.98 Å². The van der Waals surface area contributed by atoms with Gasteiger partial charge in [0.1, 0.15) is 6.29 Å². The maximum absolute atomic E-state index is 10.6. The molecule has 0 N–H and O–H groups in total. The fraction of sp³-hybridized carbons (Fsp3) is 0.0588. The summed E-state index contributed by atoms with van der Waals surface area (Å²) >= 11 is 5.95. The van der Waals surface area contributed by atoms with Crippen LogP contribution in [0.15, 0.2) is 61.1 Å². The quantitative estimate of drug-likeness (QED) is 0.680. The number of aromatic nitrogens is 2. The van der Waals surface area contributed by atoms with Crippen molar-refractivity contribution in [2.45, 2.75) is 6.54 Å². The maximum Gasteiger partial charge on any atom is 0.139 e. The average molecular weight is 297 g/mol. The molecule has 0 bridgehead atoms. The monoisotopic (exact) mass is 296 g/mol. The Kier molecular flexibility index (Phi) is 3.84. The molecule has 2 aromatic carbocycles. The molecule has 1 aromatic heterocycles. The van der Waals surface area contributed by atoms with Crippen LogP contribution in [0.5, 0.6) is 0 Å². The molecule has 0 radical (unpaired) electrons.